The van der Waals surface area contributed by atoms with Crippen LogP contribution in [0.5, 0.6) is 0 Å². The monoisotopic (exact) mass is 578 g/mol. The van der Waals surface area contributed by atoms with Crippen molar-refractivity contribution in [1.82, 2.24) is 19.0 Å². The second kappa shape index (κ2) is 13.8. The second-order valence-corrected chi connectivity index (χ2v) is 13.8. The predicted octanol–water partition coefficient (Wildman–Crippen LogP) is 5.31. The number of aryl methyl sites for hydroxylation is 1. The summed E-state index contributed by atoms with van der Waals surface area (Å²) in [5.41, 5.74) is 10.1. The summed E-state index contributed by atoms with van der Waals surface area (Å²) in [6, 6.07) is 15.8. The van der Waals surface area contributed by atoms with E-state index in [4.69, 9.17) is 10.8 Å². The molecule has 0 spiro atoms. The van der Waals surface area contributed by atoms with Gasteiger partial charge in [0.2, 0.25) is 0 Å². The fourth-order valence-corrected chi connectivity index (χ4v) is 7.98. The van der Waals surface area contributed by atoms with Crippen LogP contribution < -0.4 is 10.6 Å². The molecule has 8 heteroatoms. The van der Waals surface area contributed by atoms with Crippen LogP contribution in [0.2, 0.25) is 0 Å². The highest BCUT2D eigenvalue weighted by atomic mass is 32.2. The molecule has 3 aromatic rings. The molecule has 2 aliphatic heterocycles. The van der Waals surface area contributed by atoms with Gasteiger partial charge in [0.1, 0.15) is 11.0 Å². The third-order valence-corrected chi connectivity index (χ3v) is 10.8. The van der Waals surface area contributed by atoms with Crippen molar-refractivity contribution < 1.29 is 4.21 Å². The number of hydrogen-bond acceptors (Lipinski definition) is 5. The summed E-state index contributed by atoms with van der Waals surface area (Å²) in [5, 5.41) is 6.09. The minimum Gasteiger partial charge on any atom is -0.358 e. The van der Waals surface area contributed by atoms with Gasteiger partial charge in [0.15, 0.2) is 5.82 Å². The van der Waals surface area contributed by atoms with Gasteiger partial charge in [0.25, 0.3) is 0 Å². The molecule has 2 atom stereocenters. The molecular weight excluding hydrogens is 528 g/mol. The number of aromatic nitrogens is 2. The Morgan fingerprint density at radius 1 is 1.05 bits per heavy atom. The van der Waals surface area contributed by atoms with Crippen LogP contribution in [0.25, 0.3) is 10.9 Å². The zero-order chi connectivity index (χ0) is 28.9. The fourth-order valence-electron chi connectivity index (χ4n) is 6.69. The van der Waals surface area contributed by atoms with Crippen LogP contribution in [-0.2, 0) is 24.5 Å². The van der Waals surface area contributed by atoms with Crippen LogP contribution in [-0.4, -0.2) is 75.6 Å². The maximum absolute atomic E-state index is 13.2. The van der Waals surface area contributed by atoms with E-state index in [9.17, 15) is 4.21 Å². The molecule has 2 N–H and O–H groups in total. The standard InChI is InChI=1S/C33H50N6OS/c1-5-16-36(3)33-31-11-10-28(23-32(31)37(4)35-33)27-12-17-38(18-13-27)24-25(6-2)21-26-8-7-9-30(22-26)41(40)39-19-14-29(34)15-20-39/h7-11,22-23,25,27,29H,5-6,12-21,24,34H2,1-4H3. The van der Waals surface area contributed by atoms with Gasteiger partial charge in [-0.05, 0) is 98.8 Å². The molecule has 2 saturated heterocycles. The summed E-state index contributed by atoms with van der Waals surface area (Å²) in [7, 11) is 3.12. The summed E-state index contributed by atoms with van der Waals surface area (Å²) in [6.45, 7) is 10.6. The van der Waals surface area contributed by atoms with Gasteiger partial charge in [-0.3, -0.25) is 4.68 Å². The predicted molar refractivity (Wildman–Crippen MR) is 172 cm³/mol. The minimum absolute atomic E-state index is 0.250. The van der Waals surface area contributed by atoms with Crippen LogP contribution in [0.15, 0.2) is 47.4 Å². The maximum atomic E-state index is 13.2. The molecule has 2 unspecified atom stereocenters. The Bertz CT molecular complexity index is 1310. The van der Waals surface area contributed by atoms with Gasteiger partial charge < -0.3 is 15.5 Å². The van der Waals surface area contributed by atoms with Gasteiger partial charge in [-0.25, -0.2) is 8.51 Å². The van der Waals surface area contributed by atoms with Gasteiger partial charge in [-0.1, -0.05) is 38.5 Å². The molecule has 41 heavy (non-hydrogen) atoms. The molecule has 2 fully saturated rings. The summed E-state index contributed by atoms with van der Waals surface area (Å²) >= 11 is 0. The maximum Gasteiger partial charge on any atom is 0.158 e. The van der Waals surface area contributed by atoms with E-state index in [0.29, 0.717) is 11.8 Å². The van der Waals surface area contributed by atoms with Crippen molar-refractivity contribution in [2.24, 2.45) is 18.7 Å². The van der Waals surface area contributed by atoms with Crippen molar-refractivity contribution in [1.29, 1.82) is 0 Å². The Balaban J connectivity index is 1.16. The van der Waals surface area contributed by atoms with Crippen LogP contribution in [0.3, 0.4) is 0 Å². The molecule has 0 bridgehead atoms. The van der Waals surface area contributed by atoms with E-state index in [1.807, 2.05) is 10.7 Å². The lowest BCUT2D eigenvalue weighted by Crippen LogP contribution is -2.40. The SMILES string of the molecule is CCCN(C)c1nn(C)c2cc(C3CCN(CC(CC)Cc4cccc(S(=O)N5CCC(N)CC5)c4)CC3)ccc12. The zero-order valence-corrected chi connectivity index (χ0v) is 26.4. The molecule has 0 radical (unpaired) electrons. The number of fused-ring (bicyclic) bond motifs is 1. The Morgan fingerprint density at radius 3 is 2.51 bits per heavy atom. The summed E-state index contributed by atoms with van der Waals surface area (Å²) in [4.78, 5) is 5.87. The summed E-state index contributed by atoms with van der Waals surface area (Å²) in [6.07, 6.45) is 7.57. The van der Waals surface area contributed by atoms with Crippen LogP contribution >= 0.6 is 0 Å². The average Bonchev–Trinajstić information content (AvgIpc) is 3.33. The molecular formula is C33H50N6OS. The van der Waals surface area contributed by atoms with Crippen molar-refractivity contribution in [3.63, 3.8) is 0 Å². The second-order valence-electron chi connectivity index (χ2n) is 12.4. The topological polar surface area (TPSA) is 70.6 Å². The van der Waals surface area contributed by atoms with E-state index >= 15 is 0 Å². The van der Waals surface area contributed by atoms with Crippen molar-refractivity contribution in [3.05, 3.63) is 53.6 Å². The molecule has 0 aliphatic carbocycles. The lowest BCUT2D eigenvalue weighted by atomic mass is 9.88. The number of likely N-dealkylation sites (tertiary alicyclic amines) is 1. The van der Waals surface area contributed by atoms with Crippen molar-refractivity contribution in [2.45, 2.75) is 75.6 Å². The van der Waals surface area contributed by atoms with Gasteiger partial charge in [0.05, 0.1) is 10.4 Å². The van der Waals surface area contributed by atoms with E-state index < -0.39 is 11.0 Å². The largest absolute Gasteiger partial charge is 0.358 e. The number of nitrogens with zero attached hydrogens (tertiary/aromatic N) is 5. The number of anilines is 1. The molecule has 0 amide bonds. The smallest absolute Gasteiger partial charge is 0.158 e. The molecule has 5 rings (SSSR count). The van der Waals surface area contributed by atoms with Crippen LogP contribution in [0, 0.1) is 5.92 Å². The minimum atomic E-state index is -1.09. The molecule has 2 aliphatic rings. The van der Waals surface area contributed by atoms with E-state index in [2.05, 4.69) is 78.4 Å². The van der Waals surface area contributed by atoms with Gasteiger partial charge in [-0.2, -0.15) is 5.10 Å². The molecule has 224 valence electrons. The number of piperidine rings is 2. The highest BCUT2D eigenvalue weighted by Gasteiger charge is 2.25. The first-order valence-electron chi connectivity index (χ1n) is 15.8. The van der Waals surface area contributed by atoms with E-state index in [1.165, 1.54) is 34.9 Å². The van der Waals surface area contributed by atoms with E-state index in [-0.39, 0.29) is 6.04 Å². The number of hydrogen-bond donors (Lipinski definition) is 1. The summed E-state index contributed by atoms with van der Waals surface area (Å²) < 4.78 is 17.3. The molecule has 2 aromatic carbocycles. The Labute approximate surface area is 249 Å². The van der Waals surface area contributed by atoms with Crippen molar-refractivity contribution >= 4 is 27.7 Å². The number of nitrogens with two attached hydrogens (primary N) is 1. The van der Waals surface area contributed by atoms with Gasteiger partial charge in [-0.15, -0.1) is 0 Å². The van der Waals surface area contributed by atoms with Crippen LogP contribution in [0.4, 0.5) is 5.82 Å². The molecule has 0 saturated carbocycles. The number of rotatable bonds is 11. The Morgan fingerprint density at radius 2 is 1.80 bits per heavy atom. The van der Waals surface area contributed by atoms with E-state index in [1.54, 1.807) is 0 Å². The normalized spacial score (nSPS) is 19.5. The quantitative estimate of drug-likeness (QED) is 0.334. The first-order chi connectivity index (χ1) is 19.9. The van der Waals surface area contributed by atoms with E-state index in [0.717, 1.165) is 82.1 Å². The van der Waals surface area contributed by atoms with Crippen molar-refractivity contribution in [3.8, 4) is 0 Å². The average molecular weight is 579 g/mol. The van der Waals surface area contributed by atoms with Gasteiger partial charge >= 0.3 is 0 Å². The lowest BCUT2D eigenvalue weighted by Gasteiger charge is -2.34. The third-order valence-electron chi connectivity index (χ3n) is 9.29. The molecule has 7 nitrogen and oxygen atoms in total. The fraction of sp³-hybridized carbons (Fsp3) is 0.606. The highest BCUT2D eigenvalue weighted by Crippen LogP contribution is 2.33. The first kappa shape index (κ1) is 30.2. The lowest BCUT2D eigenvalue weighted by molar-refractivity contribution is 0.180. The summed E-state index contributed by atoms with van der Waals surface area (Å²) in [5.74, 6) is 2.30. The zero-order valence-electron chi connectivity index (χ0n) is 25.6. The Kier molecular flexibility index (Phi) is 10.2. The van der Waals surface area contributed by atoms with Crippen LogP contribution in [0.1, 0.15) is 69.4 Å². The number of benzene rings is 2. The highest BCUT2D eigenvalue weighted by molar-refractivity contribution is 7.82. The Hall–Kier alpha value is -2.26. The molecule has 3 heterocycles. The molecule has 1 aromatic heterocycles. The third kappa shape index (κ3) is 7.22. The first-order valence-corrected chi connectivity index (χ1v) is 16.9. The van der Waals surface area contributed by atoms with Gasteiger partial charge in [0, 0.05) is 51.7 Å². The van der Waals surface area contributed by atoms with Crippen molar-refractivity contribution in [2.75, 3.05) is 51.2 Å².